The van der Waals surface area contributed by atoms with Gasteiger partial charge in [0.15, 0.2) is 5.16 Å². The number of rotatable bonds is 6. The molecule has 1 saturated carbocycles. The van der Waals surface area contributed by atoms with Crippen molar-refractivity contribution >= 4 is 28.7 Å². The number of thioether (sulfide) groups is 1. The summed E-state index contributed by atoms with van der Waals surface area (Å²) in [5.41, 5.74) is 4.60. The second kappa shape index (κ2) is 9.89. The zero-order valence-electron chi connectivity index (χ0n) is 19.2. The predicted molar refractivity (Wildman–Crippen MR) is 138 cm³/mol. The van der Waals surface area contributed by atoms with Crippen LogP contribution in [-0.4, -0.2) is 32.2 Å². The van der Waals surface area contributed by atoms with Gasteiger partial charge >= 0.3 is 0 Å². The van der Waals surface area contributed by atoms with E-state index in [-0.39, 0.29) is 23.3 Å². The normalized spacial score (nSPS) is 14.4. The molecule has 1 aliphatic rings. The van der Waals surface area contributed by atoms with Gasteiger partial charge < -0.3 is 10.3 Å². The molecule has 4 aromatic rings. The summed E-state index contributed by atoms with van der Waals surface area (Å²) in [6.45, 7) is 2.01. The van der Waals surface area contributed by atoms with E-state index in [1.807, 2.05) is 67.7 Å². The van der Waals surface area contributed by atoms with Crippen molar-refractivity contribution in [2.75, 3.05) is 5.75 Å². The third-order valence-corrected chi connectivity index (χ3v) is 7.29. The van der Waals surface area contributed by atoms with Crippen molar-refractivity contribution < 1.29 is 4.79 Å². The minimum absolute atomic E-state index is 0.0148. The van der Waals surface area contributed by atoms with Crippen molar-refractivity contribution in [3.05, 3.63) is 76.7 Å². The summed E-state index contributed by atoms with van der Waals surface area (Å²) in [4.78, 5) is 34.4. The fourth-order valence-electron chi connectivity index (χ4n) is 4.54. The molecule has 7 heteroatoms. The number of aromatic amines is 1. The van der Waals surface area contributed by atoms with E-state index in [4.69, 9.17) is 4.98 Å². The lowest BCUT2D eigenvalue weighted by Gasteiger charge is -2.22. The van der Waals surface area contributed by atoms with Gasteiger partial charge in [-0.2, -0.15) is 0 Å². The van der Waals surface area contributed by atoms with E-state index in [1.54, 1.807) is 4.57 Å². The molecule has 174 valence electrons. The van der Waals surface area contributed by atoms with Crippen LogP contribution in [0.5, 0.6) is 0 Å². The fourth-order valence-corrected chi connectivity index (χ4v) is 5.36. The zero-order chi connectivity index (χ0) is 23.5. The van der Waals surface area contributed by atoms with Crippen LogP contribution < -0.4 is 10.9 Å². The molecule has 0 bridgehead atoms. The van der Waals surface area contributed by atoms with Gasteiger partial charge in [-0.05, 0) is 37.5 Å². The van der Waals surface area contributed by atoms with Gasteiger partial charge in [-0.3, -0.25) is 14.2 Å². The maximum absolute atomic E-state index is 13.6. The first-order valence-electron chi connectivity index (χ1n) is 11.8. The number of aryl methyl sites for hydroxylation is 1. The number of nitrogens with one attached hydrogen (secondary N) is 2. The second-order valence-electron chi connectivity index (χ2n) is 8.85. The number of hydrogen-bond acceptors (Lipinski definition) is 4. The predicted octanol–water partition coefficient (Wildman–Crippen LogP) is 5.23. The van der Waals surface area contributed by atoms with Gasteiger partial charge in [0, 0.05) is 17.8 Å². The molecule has 0 radical (unpaired) electrons. The molecule has 0 saturated heterocycles. The summed E-state index contributed by atoms with van der Waals surface area (Å²) in [6.07, 6.45) is 7.49. The van der Waals surface area contributed by atoms with Gasteiger partial charge in [0.05, 0.1) is 11.4 Å². The van der Waals surface area contributed by atoms with Crippen molar-refractivity contribution in [3.63, 3.8) is 0 Å². The lowest BCUT2D eigenvalue weighted by molar-refractivity contribution is -0.119. The van der Waals surface area contributed by atoms with Crippen molar-refractivity contribution in [2.24, 2.45) is 0 Å². The van der Waals surface area contributed by atoms with Gasteiger partial charge in [0.1, 0.15) is 11.0 Å². The molecule has 2 heterocycles. The van der Waals surface area contributed by atoms with Gasteiger partial charge in [0.2, 0.25) is 5.91 Å². The molecule has 2 aromatic heterocycles. The van der Waals surface area contributed by atoms with Crippen LogP contribution in [0.3, 0.4) is 0 Å². The number of H-pyrrole nitrogens is 1. The highest BCUT2D eigenvalue weighted by Crippen LogP contribution is 2.29. The van der Waals surface area contributed by atoms with Crippen LogP contribution >= 0.6 is 11.8 Å². The van der Waals surface area contributed by atoms with Crippen molar-refractivity contribution in [1.29, 1.82) is 0 Å². The second-order valence-corrected chi connectivity index (χ2v) is 9.80. The van der Waals surface area contributed by atoms with Gasteiger partial charge in [-0.1, -0.05) is 79.1 Å². The Hall–Kier alpha value is -3.32. The minimum Gasteiger partial charge on any atom is -0.355 e. The third-order valence-electron chi connectivity index (χ3n) is 6.35. The Morgan fingerprint density at radius 3 is 2.56 bits per heavy atom. The number of amides is 1. The highest BCUT2D eigenvalue weighted by Gasteiger charge is 2.20. The lowest BCUT2D eigenvalue weighted by atomic mass is 9.95. The van der Waals surface area contributed by atoms with Crippen LogP contribution in [0.1, 0.15) is 37.7 Å². The lowest BCUT2D eigenvalue weighted by Crippen LogP contribution is -2.37. The van der Waals surface area contributed by atoms with Crippen molar-refractivity contribution in [3.8, 4) is 16.8 Å². The van der Waals surface area contributed by atoms with Gasteiger partial charge in [-0.25, -0.2) is 4.98 Å². The minimum atomic E-state index is -0.175. The zero-order valence-corrected chi connectivity index (χ0v) is 20.0. The first kappa shape index (κ1) is 22.5. The molecule has 2 N–H and O–H groups in total. The number of hydrogen-bond donors (Lipinski definition) is 2. The van der Waals surface area contributed by atoms with Crippen LogP contribution in [-0.2, 0) is 4.79 Å². The van der Waals surface area contributed by atoms with E-state index in [2.05, 4.69) is 10.3 Å². The van der Waals surface area contributed by atoms with Gasteiger partial charge in [-0.15, -0.1) is 0 Å². The first-order chi connectivity index (χ1) is 16.6. The average molecular weight is 473 g/mol. The van der Waals surface area contributed by atoms with E-state index >= 15 is 0 Å². The van der Waals surface area contributed by atoms with Gasteiger partial charge in [0.25, 0.3) is 5.56 Å². The fraction of sp³-hybridized carbons (Fsp3) is 0.296. The SMILES string of the molecule is Cc1ccc(-n2c(SCC(=O)NC3CCCCC3)nc3c(-c4ccccc4)c[nH]c3c2=O)cc1. The number of fused-ring (bicyclic) bond motifs is 1. The number of carbonyl (C=O) groups is 1. The van der Waals surface area contributed by atoms with Crippen LogP contribution in [0.2, 0.25) is 0 Å². The van der Waals surface area contributed by atoms with E-state index in [0.717, 1.165) is 35.2 Å². The summed E-state index contributed by atoms with van der Waals surface area (Å²) >= 11 is 1.30. The monoisotopic (exact) mass is 472 g/mol. The van der Waals surface area contributed by atoms with E-state index < -0.39 is 0 Å². The molecular weight excluding hydrogens is 444 g/mol. The third kappa shape index (κ3) is 4.66. The highest BCUT2D eigenvalue weighted by molar-refractivity contribution is 7.99. The topological polar surface area (TPSA) is 79.8 Å². The van der Waals surface area contributed by atoms with Crippen molar-refractivity contribution in [1.82, 2.24) is 19.9 Å². The average Bonchev–Trinajstić information content (AvgIpc) is 3.29. The maximum atomic E-state index is 13.6. The standard InChI is InChI=1S/C27H28N4O2S/c1-18-12-14-21(15-13-18)31-26(33)25-24(22(16-28-25)19-8-4-2-5-9-19)30-27(31)34-17-23(32)29-20-10-6-3-7-11-20/h2,4-5,8-9,12-16,20,28H,3,6-7,10-11,17H2,1H3,(H,29,32). The molecule has 0 atom stereocenters. The number of nitrogens with zero attached hydrogens (tertiary/aromatic N) is 2. The molecule has 34 heavy (non-hydrogen) atoms. The number of carbonyl (C=O) groups excluding carboxylic acids is 1. The van der Waals surface area contributed by atoms with Crippen molar-refractivity contribution in [2.45, 2.75) is 50.2 Å². The number of aromatic nitrogens is 3. The largest absolute Gasteiger partial charge is 0.355 e. The van der Waals surface area contributed by atoms with Crippen LogP contribution in [0.15, 0.2) is 70.7 Å². The molecule has 5 rings (SSSR count). The Kier molecular flexibility index (Phi) is 6.54. The van der Waals surface area contributed by atoms with Crippen LogP contribution in [0.25, 0.3) is 27.8 Å². The molecule has 2 aromatic carbocycles. The maximum Gasteiger partial charge on any atom is 0.283 e. The summed E-state index contributed by atoms with van der Waals surface area (Å²) in [7, 11) is 0. The Morgan fingerprint density at radius 2 is 1.82 bits per heavy atom. The summed E-state index contributed by atoms with van der Waals surface area (Å²) < 4.78 is 1.60. The molecule has 1 fully saturated rings. The summed E-state index contributed by atoms with van der Waals surface area (Å²) in [5, 5.41) is 3.67. The molecule has 1 aliphatic carbocycles. The van der Waals surface area contributed by atoms with E-state index in [0.29, 0.717) is 16.2 Å². The smallest absolute Gasteiger partial charge is 0.283 e. The molecule has 6 nitrogen and oxygen atoms in total. The summed E-state index contributed by atoms with van der Waals surface area (Å²) in [5.74, 6) is 0.199. The first-order valence-corrected chi connectivity index (χ1v) is 12.8. The number of benzene rings is 2. The Labute approximate surface area is 202 Å². The molecule has 1 amide bonds. The van der Waals surface area contributed by atoms with E-state index in [1.165, 1.54) is 31.0 Å². The quantitative estimate of drug-likeness (QED) is 0.297. The van der Waals surface area contributed by atoms with E-state index in [9.17, 15) is 9.59 Å². The molecular formula is C27H28N4O2S. The highest BCUT2D eigenvalue weighted by atomic mass is 32.2. The van der Waals surface area contributed by atoms with Crippen LogP contribution in [0, 0.1) is 6.92 Å². The Balaban J connectivity index is 1.53. The Morgan fingerprint density at radius 1 is 1.09 bits per heavy atom. The molecule has 0 unspecified atom stereocenters. The molecule has 0 spiro atoms. The van der Waals surface area contributed by atoms with Crippen LogP contribution in [0.4, 0.5) is 0 Å². The Bertz CT molecular complexity index is 1350. The molecule has 0 aliphatic heterocycles. The summed E-state index contributed by atoms with van der Waals surface area (Å²) in [6, 6.07) is 17.9.